The van der Waals surface area contributed by atoms with Gasteiger partial charge in [-0.15, -0.1) is 0 Å². The maximum Gasteiger partial charge on any atom is 0.410 e. The van der Waals surface area contributed by atoms with E-state index in [1.165, 1.54) is 4.90 Å². The van der Waals surface area contributed by atoms with Crippen molar-refractivity contribution >= 4 is 23.3 Å². The second-order valence-electron chi connectivity index (χ2n) is 3.66. The number of ether oxygens (including phenoxy) is 1. The third-order valence-electron chi connectivity index (χ3n) is 1.82. The maximum atomic E-state index is 11.4. The summed E-state index contributed by atoms with van der Waals surface area (Å²) in [6.45, 7) is 6.13. The van der Waals surface area contributed by atoms with Gasteiger partial charge in [0.2, 0.25) is 0 Å². The minimum atomic E-state index is -0.390. The average Bonchev–Trinajstić information content (AvgIpc) is 2.11. The molecule has 2 N–H and O–H groups in total. The average molecular weight is 218 g/mol. The molecule has 1 unspecified atom stereocenters. The summed E-state index contributed by atoms with van der Waals surface area (Å²) in [5.41, 5.74) is 5.41. The summed E-state index contributed by atoms with van der Waals surface area (Å²) in [5.74, 6) is 0.326. The van der Waals surface area contributed by atoms with E-state index in [2.05, 4.69) is 0 Å². The molecule has 0 saturated carbocycles. The number of hydrogen-bond acceptors (Lipinski definition) is 3. The van der Waals surface area contributed by atoms with Gasteiger partial charge in [-0.2, -0.15) is 0 Å². The third kappa shape index (κ3) is 4.41. The molecule has 14 heavy (non-hydrogen) atoms. The molecule has 0 rings (SSSR count). The molecule has 1 amide bonds. The molecule has 0 aliphatic carbocycles. The van der Waals surface area contributed by atoms with E-state index in [-0.39, 0.29) is 17.1 Å². The summed E-state index contributed by atoms with van der Waals surface area (Å²) in [7, 11) is 1.62. The highest BCUT2D eigenvalue weighted by atomic mass is 32.1. The van der Waals surface area contributed by atoms with Crippen molar-refractivity contribution in [3.63, 3.8) is 0 Å². The molecule has 0 saturated heterocycles. The first-order valence-electron chi connectivity index (χ1n) is 4.55. The number of hydrogen-bond donors (Lipinski definition) is 1. The Morgan fingerprint density at radius 1 is 1.50 bits per heavy atom. The van der Waals surface area contributed by atoms with Crippen LogP contribution in [0.2, 0.25) is 0 Å². The monoisotopic (exact) mass is 218 g/mol. The highest BCUT2D eigenvalue weighted by molar-refractivity contribution is 7.80. The Bertz CT molecular complexity index is 219. The SMILES string of the molecule is CC(C)COC(=O)N(C)C(C)C(N)=S. The van der Waals surface area contributed by atoms with Crippen LogP contribution in [0.5, 0.6) is 0 Å². The lowest BCUT2D eigenvalue weighted by Gasteiger charge is -2.23. The van der Waals surface area contributed by atoms with E-state index >= 15 is 0 Å². The van der Waals surface area contributed by atoms with Crippen molar-refractivity contribution in [3.8, 4) is 0 Å². The molecular weight excluding hydrogens is 200 g/mol. The number of amides is 1. The van der Waals surface area contributed by atoms with E-state index in [9.17, 15) is 4.79 Å². The van der Waals surface area contributed by atoms with Crippen LogP contribution in [-0.4, -0.2) is 35.7 Å². The zero-order valence-corrected chi connectivity index (χ0v) is 9.93. The number of rotatable bonds is 4. The third-order valence-corrected chi connectivity index (χ3v) is 2.16. The van der Waals surface area contributed by atoms with Gasteiger partial charge >= 0.3 is 6.09 Å². The summed E-state index contributed by atoms with van der Waals surface area (Å²) in [5, 5.41) is 0. The second kappa shape index (κ2) is 5.80. The van der Waals surface area contributed by atoms with E-state index in [0.29, 0.717) is 12.5 Å². The Morgan fingerprint density at radius 2 is 2.00 bits per heavy atom. The van der Waals surface area contributed by atoms with Crippen molar-refractivity contribution in [3.05, 3.63) is 0 Å². The summed E-state index contributed by atoms with van der Waals surface area (Å²) in [6.07, 6.45) is -0.390. The van der Waals surface area contributed by atoms with Gasteiger partial charge in [0, 0.05) is 7.05 Å². The fraction of sp³-hybridized carbons (Fsp3) is 0.778. The van der Waals surface area contributed by atoms with Crippen molar-refractivity contribution < 1.29 is 9.53 Å². The highest BCUT2D eigenvalue weighted by Crippen LogP contribution is 2.01. The van der Waals surface area contributed by atoms with Crippen molar-refractivity contribution in [2.45, 2.75) is 26.8 Å². The number of nitrogens with two attached hydrogens (primary N) is 1. The minimum Gasteiger partial charge on any atom is -0.449 e. The van der Waals surface area contributed by atoms with Gasteiger partial charge in [-0.3, -0.25) is 0 Å². The Hall–Kier alpha value is -0.840. The summed E-state index contributed by atoms with van der Waals surface area (Å²) in [6, 6.07) is -0.273. The molecule has 0 heterocycles. The predicted octanol–water partition coefficient (Wildman–Crippen LogP) is 1.39. The molecule has 4 nitrogen and oxygen atoms in total. The Morgan fingerprint density at radius 3 is 2.36 bits per heavy atom. The van der Waals surface area contributed by atoms with Gasteiger partial charge in [0.25, 0.3) is 0 Å². The van der Waals surface area contributed by atoms with Crippen LogP contribution in [0.4, 0.5) is 4.79 Å². The molecule has 0 aliphatic heterocycles. The molecule has 5 heteroatoms. The summed E-state index contributed by atoms with van der Waals surface area (Å²) in [4.78, 5) is 13.1. The van der Waals surface area contributed by atoms with Gasteiger partial charge < -0.3 is 15.4 Å². The lowest BCUT2D eigenvalue weighted by atomic mass is 10.2. The Labute approximate surface area is 90.4 Å². The van der Waals surface area contributed by atoms with Gasteiger partial charge in [0.05, 0.1) is 17.6 Å². The van der Waals surface area contributed by atoms with Gasteiger partial charge in [-0.25, -0.2) is 4.79 Å². The van der Waals surface area contributed by atoms with Gasteiger partial charge in [0.15, 0.2) is 0 Å². The Kier molecular flexibility index (Phi) is 5.45. The number of likely N-dealkylation sites (N-methyl/N-ethyl adjacent to an activating group) is 1. The quantitative estimate of drug-likeness (QED) is 0.724. The Balaban J connectivity index is 4.05. The summed E-state index contributed by atoms with van der Waals surface area (Å²) >= 11 is 4.78. The van der Waals surface area contributed by atoms with E-state index in [1.807, 2.05) is 13.8 Å². The fourth-order valence-electron chi connectivity index (χ4n) is 0.689. The standard InChI is InChI=1S/C9H18N2O2S/c1-6(2)5-13-9(12)11(4)7(3)8(10)14/h6-7H,5H2,1-4H3,(H2,10,14). The minimum absolute atomic E-state index is 0.273. The van der Waals surface area contributed by atoms with Crippen molar-refractivity contribution in [2.24, 2.45) is 11.7 Å². The zero-order chi connectivity index (χ0) is 11.3. The molecule has 0 aromatic rings. The number of carbonyl (C=O) groups is 1. The fourth-order valence-corrected chi connectivity index (χ4v) is 0.847. The number of thiocarbonyl (C=S) groups is 1. The number of carbonyl (C=O) groups excluding carboxylic acids is 1. The van der Waals surface area contributed by atoms with E-state index < -0.39 is 0 Å². The largest absolute Gasteiger partial charge is 0.449 e. The molecule has 0 fully saturated rings. The van der Waals surface area contributed by atoms with Gasteiger partial charge in [-0.05, 0) is 12.8 Å². The van der Waals surface area contributed by atoms with E-state index in [0.717, 1.165) is 0 Å². The molecule has 0 aromatic carbocycles. The lowest BCUT2D eigenvalue weighted by molar-refractivity contribution is 0.0967. The van der Waals surface area contributed by atoms with Crippen LogP contribution in [0, 0.1) is 5.92 Å². The molecular formula is C9H18N2O2S. The smallest absolute Gasteiger partial charge is 0.410 e. The normalized spacial score (nSPS) is 12.4. The first-order valence-corrected chi connectivity index (χ1v) is 4.96. The van der Waals surface area contributed by atoms with Crippen LogP contribution in [0.3, 0.4) is 0 Å². The zero-order valence-electron chi connectivity index (χ0n) is 9.11. The van der Waals surface area contributed by atoms with E-state index in [4.69, 9.17) is 22.7 Å². The lowest BCUT2D eigenvalue weighted by Crippen LogP contribution is -2.43. The van der Waals surface area contributed by atoms with Crippen molar-refractivity contribution in [1.29, 1.82) is 0 Å². The molecule has 0 spiro atoms. The molecule has 0 bridgehead atoms. The molecule has 0 radical (unpaired) electrons. The first kappa shape index (κ1) is 13.2. The van der Waals surface area contributed by atoms with Crippen LogP contribution in [0.1, 0.15) is 20.8 Å². The van der Waals surface area contributed by atoms with Gasteiger partial charge in [0.1, 0.15) is 0 Å². The first-order chi connectivity index (χ1) is 6.36. The summed E-state index contributed by atoms with van der Waals surface area (Å²) < 4.78 is 5.01. The second-order valence-corrected chi connectivity index (χ2v) is 4.13. The van der Waals surface area contributed by atoms with Crippen LogP contribution >= 0.6 is 12.2 Å². The molecule has 0 aliphatic rings. The van der Waals surface area contributed by atoms with Crippen molar-refractivity contribution in [1.82, 2.24) is 4.90 Å². The van der Waals surface area contributed by atoms with Crippen molar-refractivity contribution in [2.75, 3.05) is 13.7 Å². The molecule has 82 valence electrons. The van der Waals surface area contributed by atoms with Gasteiger partial charge in [-0.1, -0.05) is 26.1 Å². The molecule has 0 aromatic heterocycles. The maximum absolute atomic E-state index is 11.4. The highest BCUT2D eigenvalue weighted by Gasteiger charge is 2.18. The van der Waals surface area contributed by atoms with Crippen LogP contribution in [0.15, 0.2) is 0 Å². The molecule has 1 atom stereocenters. The van der Waals surface area contributed by atoms with E-state index in [1.54, 1.807) is 14.0 Å². The van der Waals surface area contributed by atoms with Crippen LogP contribution < -0.4 is 5.73 Å². The predicted molar refractivity (Wildman–Crippen MR) is 60.2 cm³/mol. The van der Waals surface area contributed by atoms with Crippen LogP contribution in [-0.2, 0) is 4.74 Å². The number of nitrogens with zero attached hydrogens (tertiary/aromatic N) is 1. The van der Waals surface area contributed by atoms with Crippen LogP contribution in [0.25, 0.3) is 0 Å². The topological polar surface area (TPSA) is 55.6 Å².